The lowest BCUT2D eigenvalue weighted by Crippen LogP contribution is -1.97. The highest BCUT2D eigenvalue weighted by Crippen LogP contribution is 2.04. The number of rotatable bonds is 2. The van der Waals surface area contributed by atoms with Crippen LogP contribution in [0.3, 0.4) is 0 Å². The van der Waals surface area contributed by atoms with Crippen LogP contribution in [0.5, 0.6) is 0 Å². The van der Waals surface area contributed by atoms with Crippen molar-refractivity contribution >= 4 is 6.21 Å². The molecule has 0 saturated heterocycles. The minimum absolute atomic E-state index is 0.417. The van der Waals surface area contributed by atoms with Gasteiger partial charge in [0.15, 0.2) is 0 Å². The molecule has 1 atom stereocenters. The molecule has 1 unspecified atom stereocenters. The van der Waals surface area contributed by atoms with Crippen molar-refractivity contribution in [3.05, 3.63) is 24.3 Å². The summed E-state index contributed by atoms with van der Waals surface area (Å²) in [4.78, 5) is 4.31. The molecule has 0 aliphatic carbocycles. The number of hydrogen-bond acceptors (Lipinski definition) is 1. The zero-order chi connectivity index (χ0) is 7.23. The van der Waals surface area contributed by atoms with Crippen molar-refractivity contribution in [2.24, 2.45) is 4.99 Å². The van der Waals surface area contributed by atoms with Crippen molar-refractivity contribution < 1.29 is 0 Å². The normalized spacial score (nSPS) is 23.1. The molecule has 1 aliphatic rings. The molecule has 0 amide bonds. The van der Waals surface area contributed by atoms with Gasteiger partial charge in [-0.2, -0.15) is 0 Å². The van der Waals surface area contributed by atoms with Crippen molar-refractivity contribution in [2.45, 2.75) is 25.8 Å². The van der Waals surface area contributed by atoms with E-state index in [1.54, 1.807) is 0 Å². The van der Waals surface area contributed by atoms with E-state index in [1.807, 2.05) is 18.4 Å². The predicted molar refractivity (Wildman–Crippen MR) is 45.5 cm³/mol. The average molecular weight is 135 g/mol. The molecule has 0 spiro atoms. The third kappa shape index (κ3) is 2.18. The maximum atomic E-state index is 4.31. The SMILES string of the molecule is CCCC1C=CC=CC=N1. The van der Waals surface area contributed by atoms with Crippen LogP contribution in [0.1, 0.15) is 19.8 Å². The van der Waals surface area contributed by atoms with E-state index in [1.165, 1.54) is 6.42 Å². The predicted octanol–water partition coefficient (Wildman–Crippen LogP) is 2.35. The molecular formula is C9H13N. The van der Waals surface area contributed by atoms with E-state index < -0.39 is 0 Å². The molecule has 0 saturated carbocycles. The molecule has 0 aromatic heterocycles. The van der Waals surface area contributed by atoms with Gasteiger partial charge in [-0.3, -0.25) is 4.99 Å². The van der Waals surface area contributed by atoms with E-state index >= 15 is 0 Å². The fourth-order valence-electron chi connectivity index (χ4n) is 0.983. The van der Waals surface area contributed by atoms with Crippen molar-refractivity contribution in [1.82, 2.24) is 0 Å². The van der Waals surface area contributed by atoms with Gasteiger partial charge in [0.05, 0.1) is 6.04 Å². The summed E-state index contributed by atoms with van der Waals surface area (Å²) in [6, 6.07) is 0.417. The molecule has 0 aromatic rings. The van der Waals surface area contributed by atoms with Gasteiger partial charge in [-0.05, 0) is 12.5 Å². The largest absolute Gasteiger partial charge is 0.286 e. The number of nitrogens with zero attached hydrogens (tertiary/aromatic N) is 1. The molecule has 0 N–H and O–H groups in total. The quantitative estimate of drug-likeness (QED) is 0.551. The Kier molecular flexibility index (Phi) is 2.94. The van der Waals surface area contributed by atoms with Gasteiger partial charge in [0, 0.05) is 6.21 Å². The van der Waals surface area contributed by atoms with Crippen molar-refractivity contribution in [1.29, 1.82) is 0 Å². The summed E-state index contributed by atoms with van der Waals surface area (Å²) in [5.41, 5.74) is 0. The zero-order valence-corrected chi connectivity index (χ0v) is 6.33. The van der Waals surface area contributed by atoms with Gasteiger partial charge in [-0.1, -0.05) is 31.6 Å². The van der Waals surface area contributed by atoms with E-state index in [0.717, 1.165) is 6.42 Å². The Bertz CT molecular complexity index is 150. The second kappa shape index (κ2) is 4.04. The van der Waals surface area contributed by atoms with Crippen LogP contribution in [-0.4, -0.2) is 12.3 Å². The minimum Gasteiger partial charge on any atom is -0.286 e. The van der Waals surface area contributed by atoms with Crippen molar-refractivity contribution in [3.8, 4) is 0 Å². The van der Waals surface area contributed by atoms with Gasteiger partial charge in [0.1, 0.15) is 0 Å². The van der Waals surface area contributed by atoms with E-state index in [0.29, 0.717) is 6.04 Å². The first-order valence-electron chi connectivity index (χ1n) is 3.80. The molecule has 1 aliphatic heterocycles. The molecule has 0 fully saturated rings. The highest BCUT2D eigenvalue weighted by Gasteiger charge is 1.97. The summed E-state index contributed by atoms with van der Waals surface area (Å²) >= 11 is 0. The summed E-state index contributed by atoms with van der Waals surface area (Å²) in [5.74, 6) is 0. The second-order valence-corrected chi connectivity index (χ2v) is 2.42. The van der Waals surface area contributed by atoms with E-state index in [9.17, 15) is 0 Å². The summed E-state index contributed by atoms with van der Waals surface area (Å²) in [5, 5.41) is 0. The van der Waals surface area contributed by atoms with Crippen molar-refractivity contribution in [3.63, 3.8) is 0 Å². The van der Waals surface area contributed by atoms with E-state index in [2.05, 4.69) is 24.1 Å². The lowest BCUT2D eigenvalue weighted by molar-refractivity contribution is 0.709. The van der Waals surface area contributed by atoms with Gasteiger partial charge < -0.3 is 0 Å². The molecule has 0 aromatic carbocycles. The Morgan fingerprint density at radius 2 is 2.20 bits per heavy atom. The van der Waals surface area contributed by atoms with Crippen LogP contribution in [0.25, 0.3) is 0 Å². The van der Waals surface area contributed by atoms with Crippen LogP contribution in [-0.2, 0) is 0 Å². The summed E-state index contributed by atoms with van der Waals surface area (Å²) in [7, 11) is 0. The highest BCUT2D eigenvalue weighted by molar-refractivity contribution is 5.72. The Hall–Kier alpha value is -0.850. The van der Waals surface area contributed by atoms with Gasteiger partial charge in [0.2, 0.25) is 0 Å². The lowest BCUT2D eigenvalue weighted by atomic mass is 10.2. The fourth-order valence-corrected chi connectivity index (χ4v) is 0.983. The van der Waals surface area contributed by atoms with Gasteiger partial charge in [0.25, 0.3) is 0 Å². The zero-order valence-electron chi connectivity index (χ0n) is 6.33. The van der Waals surface area contributed by atoms with Crippen LogP contribution >= 0.6 is 0 Å². The van der Waals surface area contributed by atoms with Crippen molar-refractivity contribution in [2.75, 3.05) is 0 Å². The third-order valence-electron chi connectivity index (χ3n) is 1.50. The molecule has 1 rings (SSSR count). The molecule has 1 heterocycles. The first kappa shape index (κ1) is 7.26. The maximum absolute atomic E-state index is 4.31. The summed E-state index contributed by atoms with van der Waals surface area (Å²) in [6.07, 6.45) is 12.4. The van der Waals surface area contributed by atoms with E-state index in [4.69, 9.17) is 0 Å². The molecule has 0 radical (unpaired) electrons. The van der Waals surface area contributed by atoms with Gasteiger partial charge >= 0.3 is 0 Å². The molecule has 1 heteroatoms. The average Bonchev–Trinajstić information content (AvgIpc) is 2.17. The van der Waals surface area contributed by atoms with Crippen LogP contribution in [0.4, 0.5) is 0 Å². The van der Waals surface area contributed by atoms with Crippen LogP contribution in [0, 0.1) is 0 Å². The second-order valence-electron chi connectivity index (χ2n) is 2.42. The third-order valence-corrected chi connectivity index (χ3v) is 1.50. The van der Waals surface area contributed by atoms with Crippen LogP contribution in [0.2, 0.25) is 0 Å². The highest BCUT2D eigenvalue weighted by atomic mass is 14.8. The standard InChI is InChI=1S/C9H13N/c1-2-6-9-7-4-3-5-8-10-9/h3-5,7-9H,2,6H2,1H3. The van der Waals surface area contributed by atoms with Gasteiger partial charge in [-0.15, -0.1) is 0 Å². The number of aliphatic imine (C=N–C) groups is 1. The minimum atomic E-state index is 0.417. The number of hydrogen-bond donors (Lipinski definition) is 0. The van der Waals surface area contributed by atoms with Crippen LogP contribution in [0.15, 0.2) is 29.3 Å². The monoisotopic (exact) mass is 135 g/mol. The molecule has 54 valence electrons. The first-order valence-corrected chi connectivity index (χ1v) is 3.80. The maximum Gasteiger partial charge on any atom is 0.0682 e. The smallest absolute Gasteiger partial charge is 0.0682 e. The Balaban J connectivity index is 2.46. The fraction of sp³-hybridized carbons (Fsp3) is 0.444. The van der Waals surface area contributed by atoms with Gasteiger partial charge in [-0.25, -0.2) is 0 Å². The van der Waals surface area contributed by atoms with E-state index in [-0.39, 0.29) is 0 Å². The van der Waals surface area contributed by atoms with Crippen LogP contribution < -0.4 is 0 Å². The summed E-state index contributed by atoms with van der Waals surface area (Å²) in [6.45, 7) is 2.18. The molecule has 0 bridgehead atoms. The lowest BCUT2D eigenvalue weighted by Gasteiger charge is -2.01. The molecule has 1 nitrogen and oxygen atoms in total. The molecular weight excluding hydrogens is 122 g/mol. The Labute approximate surface area is 62.2 Å². The first-order chi connectivity index (χ1) is 4.93. The number of allylic oxidation sites excluding steroid dienone is 3. The topological polar surface area (TPSA) is 12.4 Å². The Morgan fingerprint density at radius 3 is 3.00 bits per heavy atom. The molecule has 10 heavy (non-hydrogen) atoms. The Morgan fingerprint density at radius 1 is 1.30 bits per heavy atom. The summed E-state index contributed by atoms with van der Waals surface area (Å²) < 4.78 is 0.